The third kappa shape index (κ3) is 3.28. The van der Waals surface area contributed by atoms with Crippen molar-refractivity contribution in [3.63, 3.8) is 0 Å². The van der Waals surface area contributed by atoms with Gasteiger partial charge in [0.1, 0.15) is 5.75 Å². The molecule has 2 heterocycles. The smallest absolute Gasteiger partial charge is 0.119 e. The Kier molecular flexibility index (Phi) is 4.36. The Bertz CT molecular complexity index is 382. The van der Waals surface area contributed by atoms with Crippen LogP contribution in [-0.4, -0.2) is 43.7 Å². The van der Waals surface area contributed by atoms with Crippen molar-refractivity contribution in [3.05, 3.63) is 30.3 Å². The average molecular weight is 260 g/mol. The summed E-state index contributed by atoms with van der Waals surface area (Å²) in [5, 5.41) is 3.54. The van der Waals surface area contributed by atoms with E-state index in [1.165, 1.54) is 39.0 Å². The summed E-state index contributed by atoms with van der Waals surface area (Å²) >= 11 is 0. The number of rotatable bonds is 5. The van der Waals surface area contributed by atoms with Crippen molar-refractivity contribution in [2.75, 3.05) is 32.8 Å². The minimum Gasteiger partial charge on any atom is -0.494 e. The van der Waals surface area contributed by atoms with Gasteiger partial charge in [0.05, 0.1) is 6.61 Å². The molecule has 3 nitrogen and oxygen atoms in total. The van der Waals surface area contributed by atoms with Gasteiger partial charge >= 0.3 is 0 Å². The van der Waals surface area contributed by atoms with Gasteiger partial charge in [-0.3, -0.25) is 4.90 Å². The van der Waals surface area contributed by atoms with Crippen LogP contribution in [0.4, 0.5) is 0 Å². The molecule has 104 valence electrons. The maximum Gasteiger partial charge on any atom is 0.119 e. The Morgan fingerprint density at radius 3 is 3.00 bits per heavy atom. The lowest BCUT2D eigenvalue weighted by Crippen LogP contribution is -2.45. The molecule has 2 aliphatic rings. The quantitative estimate of drug-likeness (QED) is 0.821. The minimum atomic E-state index is 0.783. The topological polar surface area (TPSA) is 24.5 Å². The third-order valence-electron chi connectivity index (χ3n) is 4.40. The first kappa shape index (κ1) is 12.9. The van der Waals surface area contributed by atoms with Crippen LogP contribution < -0.4 is 10.1 Å². The van der Waals surface area contributed by atoms with Gasteiger partial charge in [-0.2, -0.15) is 0 Å². The van der Waals surface area contributed by atoms with Gasteiger partial charge in [0.2, 0.25) is 0 Å². The summed E-state index contributed by atoms with van der Waals surface area (Å²) < 4.78 is 5.77. The number of hydrogen-bond acceptors (Lipinski definition) is 3. The molecule has 0 aromatic heterocycles. The highest BCUT2D eigenvalue weighted by molar-refractivity contribution is 5.20. The molecule has 3 rings (SSSR count). The van der Waals surface area contributed by atoms with Crippen LogP contribution in [0.25, 0.3) is 0 Å². The van der Waals surface area contributed by atoms with E-state index in [1.54, 1.807) is 0 Å². The molecule has 3 heteroatoms. The van der Waals surface area contributed by atoms with Crippen molar-refractivity contribution in [3.8, 4) is 5.75 Å². The van der Waals surface area contributed by atoms with Gasteiger partial charge in [-0.1, -0.05) is 18.2 Å². The van der Waals surface area contributed by atoms with Crippen LogP contribution in [0.2, 0.25) is 0 Å². The van der Waals surface area contributed by atoms with Gasteiger partial charge < -0.3 is 10.1 Å². The summed E-state index contributed by atoms with van der Waals surface area (Å²) in [4.78, 5) is 2.67. The molecule has 2 unspecified atom stereocenters. The van der Waals surface area contributed by atoms with Crippen molar-refractivity contribution in [2.45, 2.75) is 25.3 Å². The number of likely N-dealkylation sites (tertiary alicyclic amines) is 1. The van der Waals surface area contributed by atoms with Crippen molar-refractivity contribution in [2.24, 2.45) is 5.92 Å². The Labute approximate surface area is 115 Å². The van der Waals surface area contributed by atoms with Gasteiger partial charge in [-0.05, 0) is 50.4 Å². The zero-order valence-electron chi connectivity index (χ0n) is 11.6. The van der Waals surface area contributed by atoms with E-state index in [2.05, 4.69) is 10.2 Å². The largest absolute Gasteiger partial charge is 0.494 e. The van der Waals surface area contributed by atoms with Crippen molar-refractivity contribution < 1.29 is 4.74 Å². The van der Waals surface area contributed by atoms with Crippen LogP contribution in [-0.2, 0) is 0 Å². The van der Waals surface area contributed by atoms with Crippen molar-refractivity contribution >= 4 is 0 Å². The van der Waals surface area contributed by atoms with Crippen LogP contribution in [0.5, 0.6) is 5.75 Å². The maximum absolute atomic E-state index is 5.77. The summed E-state index contributed by atoms with van der Waals surface area (Å²) in [7, 11) is 0. The number of hydrogen-bond donors (Lipinski definition) is 1. The molecular weight excluding hydrogens is 236 g/mol. The molecular formula is C16H24N2O. The summed E-state index contributed by atoms with van der Waals surface area (Å²) in [6, 6.07) is 10.9. The van der Waals surface area contributed by atoms with Gasteiger partial charge in [0.15, 0.2) is 0 Å². The zero-order chi connectivity index (χ0) is 12.9. The second-order valence-electron chi connectivity index (χ2n) is 5.68. The second kappa shape index (κ2) is 6.40. The van der Waals surface area contributed by atoms with E-state index in [4.69, 9.17) is 4.74 Å². The van der Waals surface area contributed by atoms with Gasteiger partial charge in [0.25, 0.3) is 0 Å². The summed E-state index contributed by atoms with van der Waals surface area (Å²) in [6.45, 7) is 5.68. The minimum absolute atomic E-state index is 0.783. The molecule has 1 aromatic rings. The fourth-order valence-corrected chi connectivity index (χ4v) is 3.42. The van der Waals surface area contributed by atoms with E-state index in [0.29, 0.717) is 0 Å². The number of nitrogens with zero attached hydrogens (tertiary/aromatic N) is 1. The van der Waals surface area contributed by atoms with E-state index in [1.807, 2.05) is 30.3 Å². The lowest BCUT2D eigenvalue weighted by Gasteiger charge is -2.37. The molecule has 2 fully saturated rings. The number of ether oxygens (including phenoxy) is 1. The molecule has 2 atom stereocenters. The molecule has 0 saturated carbocycles. The molecule has 0 aliphatic carbocycles. The zero-order valence-corrected chi connectivity index (χ0v) is 11.6. The highest BCUT2D eigenvalue weighted by atomic mass is 16.5. The molecule has 2 aliphatic heterocycles. The molecule has 0 spiro atoms. The van der Waals surface area contributed by atoms with E-state index in [-0.39, 0.29) is 0 Å². The first-order valence-corrected chi connectivity index (χ1v) is 7.56. The molecule has 19 heavy (non-hydrogen) atoms. The molecule has 0 radical (unpaired) electrons. The predicted molar refractivity (Wildman–Crippen MR) is 77.5 cm³/mol. The molecule has 0 amide bonds. The second-order valence-corrected chi connectivity index (χ2v) is 5.68. The lowest BCUT2D eigenvalue weighted by atomic mass is 9.92. The Morgan fingerprint density at radius 1 is 1.21 bits per heavy atom. The third-order valence-corrected chi connectivity index (χ3v) is 4.40. The Hall–Kier alpha value is -1.06. The monoisotopic (exact) mass is 260 g/mol. The van der Waals surface area contributed by atoms with E-state index < -0.39 is 0 Å². The average Bonchev–Trinajstić information content (AvgIpc) is 2.94. The molecule has 2 saturated heterocycles. The molecule has 1 N–H and O–H groups in total. The predicted octanol–water partition coefficient (Wildman–Crippen LogP) is 2.14. The fraction of sp³-hybridized carbons (Fsp3) is 0.625. The lowest BCUT2D eigenvalue weighted by molar-refractivity contribution is 0.117. The Balaban J connectivity index is 1.40. The Morgan fingerprint density at radius 2 is 2.11 bits per heavy atom. The first-order valence-electron chi connectivity index (χ1n) is 7.56. The van der Waals surface area contributed by atoms with Crippen LogP contribution in [0.1, 0.15) is 19.3 Å². The van der Waals surface area contributed by atoms with E-state index in [0.717, 1.165) is 30.7 Å². The number of fused-ring (bicyclic) bond motifs is 1. The first-order chi connectivity index (χ1) is 9.43. The maximum atomic E-state index is 5.77. The highest BCUT2D eigenvalue weighted by Gasteiger charge is 2.34. The van der Waals surface area contributed by atoms with Crippen molar-refractivity contribution in [1.82, 2.24) is 10.2 Å². The standard InChI is InChI=1S/C16H24N2O/c1-2-7-15(8-3-1)19-11-5-10-18-9-4-6-14-12-17-13-16(14)18/h1-3,7-8,14,16-17H,4-6,9-13H2. The van der Waals surface area contributed by atoms with E-state index in [9.17, 15) is 0 Å². The molecule has 1 aromatic carbocycles. The summed E-state index contributed by atoms with van der Waals surface area (Å²) in [5.41, 5.74) is 0. The van der Waals surface area contributed by atoms with Gasteiger partial charge in [-0.15, -0.1) is 0 Å². The number of para-hydroxylation sites is 1. The highest BCUT2D eigenvalue weighted by Crippen LogP contribution is 2.26. The van der Waals surface area contributed by atoms with Crippen LogP contribution in [0.3, 0.4) is 0 Å². The summed E-state index contributed by atoms with van der Waals surface area (Å²) in [5.74, 6) is 1.88. The van der Waals surface area contributed by atoms with Crippen molar-refractivity contribution in [1.29, 1.82) is 0 Å². The van der Waals surface area contributed by atoms with E-state index >= 15 is 0 Å². The normalized spacial score (nSPS) is 27.2. The molecule has 0 bridgehead atoms. The van der Waals surface area contributed by atoms with Gasteiger partial charge in [0, 0.05) is 19.1 Å². The summed E-state index contributed by atoms with van der Waals surface area (Å²) in [6.07, 6.45) is 3.90. The SMILES string of the molecule is c1ccc(OCCCN2CCCC3CNCC32)cc1. The van der Waals surface area contributed by atoms with Crippen LogP contribution in [0.15, 0.2) is 30.3 Å². The number of nitrogens with one attached hydrogen (secondary N) is 1. The van der Waals surface area contributed by atoms with Gasteiger partial charge in [-0.25, -0.2) is 0 Å². The number of piperidine rings is 1. The van der Waals surface area contributed by atoms with Crippen LogP contribution in [0, 0.1) is 5.92 Å². The van der Waals surface area contributed by atoms with Crippen LogP contribution >= 0.6 is 0 Å². The fourth-order valence-electron chi connectivity index (χ4n) is 3.42. The number of benzene rings is 1.